The van der Waals surface area contributed by atoms with Crippen molar-refractivity contribution in [1.82, 2.24) is 10.2 Å². The van der Waals surface area contributed by atoms with Gasteiger partial charge in [0.05, 0.1) is 17.0 Å². The largest absolute Gasteiger partial charge is 0.323 e. The summed E-state index contributed by atoms with van der Waals surface area (Å²) in [6.07, 6.45) is 1.66. The van der Waals surface area contributed by atoms with Crippen LogP contribution in [0.5, 0.6) is 0 Å². The first kappa shape index (κ1) is 14.4. The van der Waals surface area contributed by atoms with Gasteiger partial charge in [0.2, 0.25) is 11.8 Å². The Hall–Kier alpha value is -1.59. The molecule has 5 nitrogen and oxygen atoms in total. The number of hydrogen-bond acceptors (Lipinski definition) is 3. The van der Waals surface area contributed by atoms with E-state index in [1.165, 1.54) is 17.0 Å². The van der Waals surface area contributed by atoms with E-state index in [4.69, 9.17) is 23.2 Å². The monoisotopic (exact) mass is 326 g/mol. The van der Waals surface area contributed by atoms with Crippen LogP contribution in [0, 0.1) is 0 Å². The summed E-state index contributed by atoms with van der Waals surface area (Å²) in [4.78, 5) is 37.4. The van der Waals surface area contributed by atoms with Gasteiger partial charge in [0.25, 0.3) is 5.91 Å². The SMILES string of the molecule is O=C1C[C@@H](N(C(=O)c2ccc(Cl)cc2Cl)C2CC2)C(=O)N1. The Labute approximate surface area is 131 Å². The van der Waals surface area contributed by atoms with Gasteiger partial charge in [-0.15, -0.1) is 0 Å². The third kappa shape index (κ3) is 2.76. The van der Waals surface area contributed by atoms with Crippen LogP contribution in [0.3, 0.4) is 0 Å². The molecule has 1 aromatic carbocycles. The van der Waals surface area contributed by atoms with E-state index in [1.54, 1.807) is 6.07 Å². The molecule has 1 aliphatic heterocycles. The smallest absolute Gasteiger partial charge is 0.256 e. The van der Waals surface area contributed by atoms with Gasteiger partial charge in [-0.3, -0.25) is 19.7 Å². The fraction of sp³-hybridized carbons (Fsp3) is 0.357. The Bertz CT molecular complexity index is 643. The third-order valence-corrected chi connectivity index (χ3v) is 4.16. The quantitative estimate of drug-likeness (QED) is 0.864. The zero-order valence-corrected chi connectivity index (χ0v) is 12.4. The van der Waals surface area contributed by atoms with E-state index in [-0.39, 0.29) is 29.3 Å². The van der Waals surface area contributed by atoms with E-state index < -0.39 is 11.9 Å². The van der Waals surface area contributed by atoms with Crippen LogP contribution in [0.25, 0.3) is 0 Å². The summed E-state index contributed by atoms with van der Waals surface area (Å²) in [5.41, 5.74) is 0.292. The summed E-state index contributed by atoms with van der Waals surface area (Å²) >= 11 is 11.9. The highest BCUT2D eigenvalue weighted by atomic mass is 35.5. The van der Waals surface area contributed by atoms with E-state index in [1.807, 2.05) is 0 Å². The maximum atomic E-state index is 12.7. The zero-order valence-electron chi connectivity index (χ0n) is 10.9. The summed E-state index contributed by atoms with van der Waals surface area (Å²) in [7, 11) is 0. The van der Waals surface area contributed by atoms with Crippen molar-refractivity contribution in [3.8, 4) is 0 Å². The van der Waals surface area contributed by atoms with E-state index in [0.717, 1.165) is 12.8 Å². The van der Waals surface area contributed by atoms with Crippen molar-refractivity contribution in [3.63, 3.8) is 0 Å². The Morgan fingerprint density at radius 1 is 1.24 bits per heavy atom. The molecule has 3 amide bonds. The predicted octanol–water partition coefficient (Wildman–Crippen LogP) is 2.01. The van der Waals surface area contributed by atoms with E-state index in [9.17, 15) is 14.4 Å². The molecule has 3 rings (SSSR count). The molecule has 1 saturated carbocycles. The predicted molar refractivity (Wildman–Crippen MR) is 77.2 cm³/mol. The average Bonchev–Trinajstić information content (AvgIpc) is 3.16. The van der Waals surface area contributed by atoms with Gasteiger partial charge in [-0.05, 0) is 31.0 Å². The molecular formula is C14H12Cl2N2O3. The number of carbonyl (C=O) groups excluding carboxylic acids is 3. The first-order chi connectivity index (χ1) is 9.97. The van der Waals surface area contributed by atoms with Gasteiger partial charge >= 0.3 is 0 Å². The first-order valence-corrected chi connectivity index (χ1v) is 7.34. The summed E-state index contributed by atoms with van der Waals surface area (Å²) in [6, 6.07) is 3.85. The van der Waals surface area contributed by atoms with Crippen molar-refractivity contribution in [2.24, 2.45) is 0 Å². The minimum atomic E-state index is -0.746. The number of imide groups is 1. The molecule has 1 saturated heterocycles. The van der Waals surface area contributed by atoms with Crippen molar-refractivity contribution in [3.05, 3.63) is 33.8 Å². The Morgan fingerprint density at radius 3 is 2.48 bits per heavy atom. The molecule has 1 N–H and O–H groups in total. The van der Waals surface area contributed by atoms with Gasteiger partial charge in [-0.25, -0.2) is 0 Å². The number of benzene rings is 1. The van der Waals surface area contributed by atoms with E-state index in [0.29, 0.717) is 10.6 Å². The summed E-state index contributed by atoms with van der Waals surface area (Å²) in [5.74, 6) is -1.12. The second-order valence-electron chi connectivity index (χ2n) is 5.20. The van der Waals surface area contributed by atoms with Gasteiger partial charge in [0, 0.05) is 11.1 Å². The van der Waals surface area contributed by atoms with Crippen LogP contribution in [-0.4, -0.2) is 34.7 Å². The molecular weight excluding hydrogens is 315 g/mol. The van der Waals surface area contributed by atoms with Gasteiger partial charge in [0.15, 0.2) is 0 Å². The topological polar surface area (TPSA) is 66.5 Å². The van der Waals surface area contributed by atoms with Crippen LogP contribution < -0.4 is 5.32 Å². The lowest BCUT2D eigenvalue weighted by Crippen LogP contribution is -2.46. The number of nitrogens with zero attached hydrogens (tertiary/aromatic N) is 1. The van der Waals surface area contributed by atoms with Crippen LogP contribution >= 0.6 is 23.2 Å². The molecule has 0 radical (unpaired) electrons. The molecule has 0 unspecified atom stereocenters. The average molecular weight is 327 g/mol. The molecule has 0 spiro atoms. The standard InChI is InChI=1S/C14H12Cl2N2O3/c15-7-1-4-9(10(16)5-7)14(21)18(8-2-3-8)11-6-12(19)17-13(11)20/h1,4-5,8,11H,2-3,6H2,(H,17,19,20)/t11-/m1/s1. The lowest BCUT2D eigenvalue weighted by Gasteiger charge is -2.27. The van der Waals surface area contributed by atoms with Crippen LogP contribution in [0.1, 0.15) is 29.6 Å². The van der Waals surface area contributed by atoms with Gasteiger partial charge in [-0.1, -0.05) is 23.2 Å². The van der Waals surface area contributed by atoms with Crippen molar-refractivity contribution in [2.45, 2.75) is 31.3 Å². The molecule has 1 heterocycles. The fourth-order valence-corrected chi connectivity index (χ4v) is 2.97. The molecule has 0 bridgehead atoms. The van der Waals surface area contributed by atoms with Crippen LogP contribution in [0.2, 0.25) is 10.0 Å². The molecule has 2 aliphatic rings. The number of nitrogens with one attached hydrogen (secondary N) is 1. The second kappa shape index (κ2) is 5.31. The van der Waals surface area contributed by atoms with E-state index >= 15 is 0 Å². The van der Waals surface area contributed by atoms with Gasteiger partial charge in [0.1, 0.15) is 6.04 Å². The van der Waals surface area contributed by atoms with Crippen LogP contribution in [0.4, 0.5) is 0 Å². The lowest BCUT2D eigenvalue weighted by molar-refractivity contribution is -0.126. The van der Waals surface area contributed by atoms with Gasteiger partial charge in [-0.2, -0.15) is 0 Å². The normalized spacial score (nSPS) is 21.3. The van der Waals surface area contributed by atoms with E-state index in [2.05, 4.69) is 5.32 Å². The summed E-state index contributed by atoms with van der Waals surface area (Å²) in [5, 5.41) is 2.91. The van der Waals surface area contributed by atoms with Crippen molar-refractivity contribution in [2.75, 3.05) is 0 Å². The Morgan fingerprint density at radius 2 is 1.95 bits per heavy atom. The highest BCUT2D eigenvalue weighted by Gasteiger charge is 2.45. The van der Waals surface area contributed by atoms with Gasteiger partial charge < -0.3 is 4.90 Å². The maximum absolute atomic E-state index is 12.7. The third-order valence-electron chi connectivity index (χ3n) is 3.62. The number of carbonyl (C=O) groups is 3. The number of hydrogen-bond donors (Lipinski definition) is 1. The Kier molecular flexibility index (Phi) is 3.63. The first-order valence-electron chi connectivity index (χ1n) is 6.59. The fourth-order valence-electron chi connectivity index (χ4n) is 2.48. The molecule has 2 fully saturated rings. The maximum Gasteiger partial charge on any atom is 0.256 e. The summed E-state index contributed by atoms with van der Waals surface area (Å²) < 4.78 is 0. The molecule has 1 aromatic rings. The summed E-state index contributed by atoms with van der Waals surface area (Å²) in [6.45, 7) is 0. The van der Waals surface area contributed by atoms with Crippen molar-refractivity contribution in [1.29, 1.82) is 0 Å². The van der Waals surface area contributed by atoms with Crippen LogP contribution in [0.15, 0.2) is 18.2 Å². The molecule has 110 valence electrons. The molecule has 21 heavy (non-hydrogen) atoms. The number of amides is 3. The molecule has 7 heteroatoms. The second-order valence-corrected chi connectivity index (χ2v) is 6.04. The molecule has 1 atom stereocenters. The number of halogens is 2. The highest BCUT2D eigenvalue weighted by molar-refractivity contribution is 6.36. The lowest BCUT2D eigenvalue weighted by atomic mass is 10.1. The minimum Gasteiger partial charge on any atom is -0.323 e. The van der Waals surface area contributed by atoms with Crippen molar-refractivity contribution >= 4 is 40.9 Å². The highest BCUT2D eigenvalue weighted by Crippen LogP contribution is 2.33. The minimum absolute atomic E-state index is 0.00623. The van der Waals surface area contributed by atoms with Crippen molar-refractivity contribution < 1.29 is 14.4 Å². The van der Waals surface area contributed by atoms with Crippen LogP contribution in [-0.2, 0) is 9.59 Å². The Balaban J connectivity index is 1.92. The molecule has 1 aliphatic carbocycles. The zero-order chi connectivity index (χ0) is 15.1. The number of rotatable bonds is 3. The molecule has 0 aromatic heterocycles.